The highest BCUT2D eigenvalue weighted by molar-refractivity contribution is 5.77. The largest absolute Gasteiger partial charge is 0.497 e. The zero-order valence-corrected chi connectivity index (χ0v) is 12.7. The van der Waals surface area contributed by atoms with E-state index in [1.807, 2.05) is 30.3 Å². The van der Waals surface area contributed by atoms with Crippen LogP contribution in [0.1, 0.15) is 12.0 Å². The van der Waals surface area contributed by atoms with Crippen molar-refractivity contribution < 1.29 is 14.3 Å². The fourth-order valence-corrected chi connectivity index (χ4v) is 2.06. The maximum absolute atomic E-state index is 11.7. The highest BCUT2D eigenvalue weighted by Crippen LogP contribution is 2.18. The maximum atomic E-state index is 11.7. The molecule has 116 valence electrons. The Morgan fingerprint density at radius 1 is 1.05 bits per heavy atom. The quantitative estimate of drug-likeness (QED) is 0.763. The molecule has 1 amide bonds. The molecule has 0 saturated heterocycles. The van der Waals surface area contributed by atoms with Gasteiger partial charge in [-0.15, -0.1) is 0 Å². The molecule has 4 heteroatoms. The Balaban J connectivity index is 1.63. The van der Waals surface area contributed by atoms with Crippen LogP contribution in [0.15, 0.2) is 54.6 Å². The van der Waals surface area contributed by atoms with Crippen molar-refractivity contribution in [1.29, 1.82) is 0 Å². The lowest BCUT2D eigenvalue weighted by atomic mass is 10.1. The lowest BCUT2D eigenvalue weighted by Crippen LogP contribution is -2.29. The summed E-state index contributed by atoms with van der Waals surface area (Å²) in [6.07, 6.45) is 1.87. The van der Waals surface area contributed by atoms with E-state index in [4.69, 9.17) is 9.47 Å². The van der Waals surface area contributed by atoms with E-state index in [1.54, 1.807) is 19.2 Å². The number of aryl methyl sites for hydroxylation is 1. The topological polar surface area (TPSA) is 47.6 Å². The summed E-state index contributed by atoms with van der Waals surface area (Å²) in [6.45, 7) is 0.660. The van der Waals surface area contributed by atoms with E-state index >= 15 is 0 Å². The molecule has 2 aromatic rings. The Morgan fingerprint density at radius 2 is 1.82 bits per heavy atom. The lowest BCUT2D eigenvalue weighted by molar-refractivity contribution is -0.123. The zero-order valence-electron chi connectivity index (χ0n) is 12.7. The Bertz CT molecular complexity index is 584. The van der Waals surface area contributed by atoms with Gasteiger partial charge in [-0.2, -0.15) is 0 Å². The number of ether oxygens (including phenoxy) is 2. The van der Waals surface area contributed by atoms with Gasteiger partial charge in [-0.3, -0.25) is 4.79 Å². The normalized spacial score (nSPS) is 10.0. The van der Waals surface area contributed by atoms with Gasteiger partial charge in [-0.05, 0) is 30.5 Å². The molecule has 4 nitrogen and oxygen atoms in total. The molecule has 1 N–H and O–H groups in total. The van der Waals surface area contributed by atoms with Crippen LogP contribution in [0.5, 0.6) is 11.5 Å². The first-order chi connectivity index (χ1) is 10.8. The Morgan fingerprint density at radius 3 is 2.59 bits per heavy atom. The monoisotopic (exact) mass is 299 g/mol. The minimum absolute atomic E-state index is 0.0124. The van der Waals surface area contributed by atoms with E-state index in [2.05, 4.69) is 17.4 Å². The highest BCUT2D eigenvalue weighted by Gasteiger charge is 2.03. The number of rotatable bonds is 8. The van der Waals surface area contributed by atoms with Gasteiger partial charge < -0.3 is 14.8 Å². The predicted octanol–water partition coefficient (Wildman–Crippen LogP) is 2.82. The summed E-state index contributed by atoms with van der Waals surface area (Å²) in [5.41, 5.74) is 1.28. The van der Waals surface area contributed by atoms with Gasteiger partial charge in [-0.25, -0.2) is 0 Å². The summed E-state index contributed by atoms with van der Waals surface area (Å²) in [6, 6.07) is 17.4. The zero-order chi connectivity index (χ0) is 15.6. The number of carbonyl (C=O) groups excluding carboxylic acids is 1. The number of methoxy groups -OCH3 is 1. The van der Waals surface area contributed by atoms with Gasteiger partial charge in [0.1, 0.15) is 11.5 Å². The van der Waals surface area contributed by atoms with Crippen LogP contribution in [-0.2, 0) is 11.2 Å². The second kappa shape index (κ2) is 8.72. The molecule has 0 spiro atoms. The molecule has 2 rings (SSSR count). The number of hydrogen-bond acceptors (Lipinski definition) is 3. The first-order valence-electron chi connectivity index (χ1n) is 7.35. The van der Waals surface area contributed by atoms with E-state index < -0.39 is 0 Å². The first kappa shape index (κ1) is 15.9. The Kier molecular flexibility index (Phi) is 6.30. The molecule has 0 heterocycles. The standard InChI is InChI=1S/C18H21NO3/c1-21-16-10-5-11-17(13-16)22-14-18(20)19-12-6-9-15-7-3-2-4-8-15/h2-5,7-8,10-11,13H,6,9,12,14H2,1H3,(H,19,20). The average molecular weight is 299 g/mol. The van der Waals surface area contributed by atoms with Gasteiger partial charge in [-0.1, -0.05) is 36.4 Å². The van der Waals surface area contributed by atoms with E-state index in [-0.39, 0.29) is 12.5 Å². The second-order valence-corrected chi connectivity index (χ2v) is 4.91. The molecule has 0 aliphatic carbocycles. The molecular formula is C18H21NO3. The van der Waals surface area contributed by atoms with Gasteiger partial charge in [0.25, 0.3) is 5.91 Å². The lowest BCUT2D eigenvalue weighted by Gasteiger charge is -2.08. The minimum atomic E-state index is -0.115. The van der Waals surface area contributed by atoms with Crippen molar-refractivity contribution in [2.24, 2.45) is 0 Å². The van der Waals surface area contributed by atoms with Gasteiger partial charge >= 0.3 is 0 Å². The maximum Gasteiger partial charge on any atom is 0.257 e. The van der Waals surface area contributed by atoms with Crippen molar-refractivity contribution in [3.8, 4) is 11.5 Å². The van der Waals surface area contributed by atoms with Crippen molar-refractivity contribution in [3.05, 3.63) is 60.2 Å². The smallest absolute Gasteiger partial charge is 0.257 e. The molecule has 0 bridgehead atoms. The Hall–Kier alpha value is -2.49. The molecule has 0 atom stereocenters. The summed E-state index contributed by atoms with van der Waals surface area (Å²) in [4.78, 5) is 11.7. The van der Waals surface area contributed by atoms with Crippen molar-refractivity contribution in [2.75, 3.05) is 20.3 Å². The van der Waals surface area contributed by atoms with Gasteiger partial charge in [0.2, 0.25) is 0 Å². The molecule has 0 aliphatic rings. The van der Waals surface area contributed by atoms with Crippen molar-refractivity contribution >= 4 is 5.91 Å². The van der Waals surface area contributed by atoms with Crippen LogP contribution < -0.4 is 14.8 Å². The van der Waals surface area contributed by atoms with Crippen molar-refractivity contribution in [2.45, 2.75) is 12.8 Å². The third-order valence-electron chi connectivity index (χ3n) is 3.22. The van der Waals surface area contributed by atoms with Crippen LogP contribution in [0.4, 0.5) is 0 Å². The third kappa shape index (κ3) is 5.48. The molecule has 0 aliphatic heterocycles. The summed E-state index contributed by atoms with van der Waals surface area (Å²) in [5.74, 6) is 1.22. The second-order valence-electron chi connectivity index (χ2n) is 4.91. The molecule has 0 saturated carbocycles. The summed E-state index contributed by atoms with van der Waals surface area (Å²) in [5, 5.41) is 2.86. The molecule has 0 unspecified atom stereocenters. The fourth-order valence-electron chi connectivity index (χ4n) is 2.06. The van der Waals surface area contributed by atoms with E-state index in [1.165, 1.54) is 5.56 Å². The number of amides is 1. The average Bonchev–Trinajstić information content (AvgIpc) is 2.58. The van der Waals surface area contributed by atoms with Gasteiger partial charge in [0.15, 0.2) is 6.61 Å². The summed E-state index contributed by atoms with van der Waals surface area (Å²) < 4.78 is 10.5. The van der Waals surface area contributed by atoms with Gasteiger partial charge in [0, 0.05) is 12.6 Å². The molecular weight excluding hydrogens is 278 g/mol. The van der Waals surface area contributed by atoms with Crippen LogP contribution in [0, 0.1) is 0 Å². The number of nitrogens with one attached hydrogen (secondary N) is 1. The molecule has 22 heavy (non-hydrogen) atoms. The first-order valence-corrected chi connectivity index (χ1v) is 7.35. The van der Waals surface area contributed by atoms with Crippen LogP contribution in [0.3, 0.4) is 0 Å². The van der Waals surface area contributed by atoms with Crippen LogP contribution >= 0.6 is 0 Å². The molecule has 0 fully saturated rings. The number of hydrogen-bond donors (Lipinski definition) is 1. The minimum Gasteiger partial charge on any atom is -0.497 e. The van der Waals surface area contributed by atoms with Crippen molar-refractivity contribution in [3.63, 3.8) is 0 Å². The van der Waals surface area contributed by atoms with E-state index in [0.29, 0.717) is 18.0 Å². The molecule has 0 radical (unpaired) electrons. The predicted molar refractivity (Wildman–Crippen MR) is 86.3 cm³/mol. The van der Waals surface area contributed by atoms with Crippen LogP contribution in [0.2, 0.25) is 0 Å². The van der Waals surface area contributed by atoms with Gasteiger partial charge in [0.05, 0.1) is 7.11 Å². The SMILES string of the molecule is COc1cccc(OCC(=O)NCCCc2ccccc2)c1. The van der Waals surface area contributed by atoms with Crippen molar-refractivity contribution in [1.82, 2.24) is 5.32 Å². The molecule has 2 aromatic carbocycles. The number of carbonyl (C=O) groups is 1. The van der Waals surface area contributed by atoms with Crippen LogP contribution in [-0.4, -0.2) is 26.2 Å². The fraction of sp³-hybridized carbons (Fsp3) is 0.278. The third-order valence-corrected chi connectivity index (χ3v) is 3.22. The number of benzene rings is 2. The van der Waals surface area contributed by atoms with E-state index in [0.717, 1.165) is 12.8 Å². The van der Waals surface area contributed by atoms with E-state index in [9.17, 15) is 4.79 Å². The Labute approximate surface area is 131 Å². The highest BCUT2D eigenvalue weighted by atomic mass is 16.5. The summed E-state index contributed by atoms with van der Waals surface area (Å²) in [7, 11) is 1.60. The summed E-state index contributed by atoms with van der Waals surface area (Å²) >= 11 is 0. The molecule has 0 aromatic heterocycles. The van der Waals surface area contributed by atoms with Crippen LogP contribution in [0.25, 0.3) is 0 Å².